The Morgan fingerprint density at radius 1 is 1.18 bits per heavy atom. The van der Waals surface area contributed by atoms with E-state index in [0.717, 1.165) is 50.9 Å². The molecule has 1 amide bonds. The molecule has 1 aromatic rings. The lowest BCUT2D eigenvalue weighted by atomic mass is 9.74. The van der Waals surface area contributed by atoms with Crippen LogP contribution < -0.4 is 10.6 Å². The molecule has 6 nitrogen and oxygen atoms in total. The van der Waals surface area contributed by atoms with Crippen LogP contribution in [-0.4, -0.2) is 62.7 Å². The molecule has 0 atom stereocenters. The number of halogens is 1. The number of carbonyl (C=O) groups excluding carboxylic acids is 1. The van der Waals surface area contributed by atoms with Crippen molar-refractivity contribution in [1.82, 2.24) is 15.5 Å². The predicted octanol–water partition coefficient (Wildman–Crippen LogP) is 2.05. The van der Waals surface area contributed by atoms with Crippen molar-refractivity contribution in [3.63, 3.8) is 0 Å². The van der Waals surface area contributed by atoms with Crippen LogP contribution in [0, 0.1) is 5.82 Å². The van der Waals surface area contributed by atoms with Crippen molar-refractivity contribution in [2.24, 2.45) is 4.99 Å². The Labute approximate surface area is 166 Å². The molecule has 0 radical (unpaired) electrons. The molecule has 0 bridgehead atoms. The molecule has 0 saturated carbocycles. The summed E-state index contributed by atoms with van der Waals surface area (Å²) in [6.07, 6.45) is 3.88. The summed E-state index contributed by atoms with van der Waals surface area (Å²) in [5.74, 6) is 0.492. The Balaban J connectivity index is 1.67. The second-order valence-electron chi connectivity index (χ2n) is 7.54. The summed E-state index contributed by atoms with van der Waals surface area (Å²) < 4.78 is 19.0. The van der Waals surface area contributed by atoms with E-state index in [2.05, 4.69) is 15.6 Å². The van der Waals surface area contributed by atoms with Gasteiger partial charge in [0.1, 0.15) is 12.4 Å². The maximum atomic E-state index is 13.4. The number of amides is 1. The molecule has 0 aromatic heterocycles. The third kappa shape index (κ3) is 5.22. The number of nitrogens with zero attached hydrogens (tertiary/aromatic N) is 2. The molecule has 2 saturated heterocycles. The molecule has 1 aromatic carbocycles. The molecular formula is C21H31FN4O2. The first-order valence-electron chi connectivity index (χ1n) is 10.3. The number of carbonyl (C=O) groups is 1. The highest BCUT2D eigenvalue weighted by Gasteiger charge is 2.34. The number of guanidine groups is 1. The largest absolute Gasteiger partial charge is 0.381 e. The minimum atomic E-state index is -0.228. The fourth-order valence-corrected chi connectivity index (χ4v) is 3.94. The van der Waals surface area contributed by atoms with Gasteiger partial charge in [-0.05, 0) is 50.3 Å². The van der Waals surface area contributed by atoms with Crippen LogP contribution in [0.25, 0.3) is 0 Å². The van der Waals surface area contributed by atoms with E-state index in [4.69, 9.17) is 4.74 Å². The highest BCUT2D eigenvalue weighted by molar-refractivity contribution is 5.85. The monoisotopic (exact) mass is 390 g/mol. The summed E-state index contributed by atoms with van der Waals surface area (Å²) in [5.41, 5.74) is 0.967. The van der Waals surface area contributed by atoms with Crippen LogP contribution in [0.2, 0.25) is 0 Å². The van der Waals surface area contributed by atoms with E-state index in [1.165, 1.54) is 12.1 Å². The molecular weight excluding hydrogens is 359 g/mol. The SMILES string of the molecule is CCNC(=NCC(=O)N1CCCC1)NCC1(c2ccc(F)cc2)CCOCC1. The van der Waals surface area contributed by atoms with Crippen LogP contribution in [-0.2, 0) is 14.9 Å². The summed E-state index contributed by atoms with van der Waals surface area (Å²) >= 11 is 0. The van der Waals surface area contributed by atoms with Gasteiger partial charge in [-0.3, -0.25) is 4.79 Å². The van der Waals surface area contributed by atoms with Gasteiger partial charge in [-0.1, -0.05) is 12.1 Å². The molecule has 7 heteroatoms. The molecule has 3 rings (SSSR count). The van der Waals surface area contributed by atoms with Crippen molar-refractivity contribution in [2.45, 2.75) is 38.0 Å². The zero-order valence-electron chi connectivity index (χ0n) is 16.7. The van der Waals surface area contributed by atoms with Crippen LogP contribution in [0.1, 0.15) is 38.2 Å². The maximum Gasteiger partial charge on any atom is 0.244 e. The summed E-state index contributed by atoms with van der Waals surface area (Å²) in [4.78, 5) is 18.7. The second kappa shape index (κ2) is 9.87. The van der Waals surface area contributed by atoms with Gasteiger partial charge in [0.05, 0.1) is 0 Å². The summed E-state index contributed by atoms with van der Waals surface area (Å²) in [6, 6.07) is 6.76. The van der Waals surface area contributed by atoms with Gasteiger partial charge in [0.2, 0.25) is 5.91 Å². The Kier molecular flexibility index (Phi) is 7.25. The number of likely N-dealkylation sites (tertiary alicyclic amines) is 1. The topological polar surface area (TPSA) is 66.0 Å². The number of aliphatic imine (C=N–C) groups is 1. The lowest BCUT2D eigenvalue weighted by molar-refractivity contribution is -0.128. The van der Waals surface area contributed by atoms with Gasteiger partial charge in [0, 0.05) is 44.8 Å². The zero-order chi connectivity index (χ0) is 19.8. The van der Waals surface area contributed by atoms with E-state index < -0.39 is 0 Å². The first-order chi connectivity index (χ1) is 13.6. The van der Waals surface area contributed by atoms with Crippen molar-refractivity contribution in [1.29, 1.82) is 0 Å². The van der Waals surface area contributed by atoms with Gasteiger partial charge < -0.3 is 20.3 Å². The summed E-state index contributed by atoms with van der Waals surface area (Å²) in [7, 11) is 0. The van der Waals surface area contributed by atoms with Crippen molar-refractivity contribution < 1.29 is 13.9 Å². The van der Waals surface area contributed by atoms with E-state index in [-0.39, 0.29) is 23.7 Å². The molecule has 0 unspecified atom stereocenters. The van der Waals surface area contributed by atoms with E-state index in [0.29, 0.717) is 25.7 Å². The van der Waals surface area contributed by atoms with Crippen molar-refractivity contribution in [3.05, 3.63) is 35.6 Å². The van der Waals surface area contributed by atoms with E-state index in [9.17, 15) is 9.18 Å². The minimum absolute atomic E-state index is 0.0778. The molecule has 2 heterocycles. The minimum Gasteiger partial charge on any atom is -0.381 e. The average Bonchev–Trinajstić information content (AvgIpc) is 3.26. The number of hydrogen-bond acceptors (Lipinski definition) is 3. The number of nitrogens with one attached hydrogen (secondary N) is 2. The van der Waals surface area contributed by atoms with Crippen molar-refractivity contribution in [2.75, 3.05) is 45.9 Å². The Morgan fingerprint density at radius 3 is 2.50 bits per heavy atom. The van der Waals surface area contributed by atoms with Crippen LogP contribution in [0.15, 0.2) is 29.3 Å². The van der Waals surface area contributed by atoms with Crippen LogP contribution in [0.3, 0.4) is 0 Å². The van der Waals surface area contributed by atoms with Gasteiger partial charge in [-0.25, -0.2) is 9.38 Å². The predicted molar refractivity (Wildman–Crippen MR) is 108 cm³/mol. The molecule has 154 valence electrons. The van der Waals surface area contributed by atoms with E-state index in [1.807, 2.05) is 24.0 Å². The fraction of sp³-hybridized carbons (Fsp3) is 0.619. The van der Waals surface area contributed by atoms with Gasteiger partial charge in [0.25, 0.3) is 0 Å². The van der Waals surface area contributed by atoms with Gasteiger partial charge in [-0.15, -0.1) is 0 Å². The molecule has 2 aliphatic heterocycles. The highest BCUT2D eigenvalue weighted by atomic mass is 19.1. The first-order valence-corrected chi connectivity index (χ1v) is 10.3. The smallest absolute Gasteiger partial charge is 0.244 e. The van der Waals surface area contributed by atoms with Crippen LogP contribution in [0.4, 0.5) is 4.39 Å². The Hall–Kier alpha value is -2.15. The Morgan fingerprint density at radius 2 is 1.86 bits per heavy atom. The Bertz CT molecular complexity index is 665. The second-order valence-corrected chi connectivity index (χ2v) is 7.54. The summed E-state index contributed by atoms with van der Waals surface area (Å²) in [5, 5.41) is 6.63. The zero-order valence-corrected chi connectivity index (χ0v) is 16.7. The molecule has 2 aliphatic rings. The normalized spacial score (nSPS) is 19.5. The van der Waals surface area contributed by atoms with E-state index >= 15 is 0 Å². The van der Waals surface area contributed by atoms with Gasteiger partial charge >= 0.3 is 0 Å². The number of benzene rings is 1. The molecule has 2 fully saturated rings. The standard InChI is InChI=1S/C21H31FN4O2/c1-2-23-20(24-15-19(27)26-11-3-4-12-26)25-16-21(9-13-28-14-10-21)17-5-7-18(22)8-6-17/h5-8H,2-4,9-16H2,1H3,(H2,23,24,25). The first kappa shape index (κ1) is 20.6. The number of ether oxygens (including phenoxy) is 1. The van der Waals surface area contributed by atoms with Crippen molar-refractivity contribution >= 4 is 11.9 Å². The average molecular weight is 391 g/mol. The number of hydrogen-bond donors (Lipinski definition) is 2. The maximum absolute atomic E-state index is 13.4. The molecule has 2 N–H and O–H groups in total. The van der Waals surface area contributed by atoms with Crippen molar-refractivity contribution in [3.8, 4) is 0 Å². The third-order valence-corrected chi connectivity index (χ3v) is 5.68. The molecule has 28 heavy (non-hydrogen) atoms. The van der Waals surface area contributed by atoms with Gasteiger partial charge in [0.15, 0.2) is 5.96 Å². The summed E-state index contributed by atoms with van der Waals surface area (Å²) in [6.45, 7) is 6.58. The van der Waals surface area contributed by atoms with Gasteiger partial charge in [-0.2, -0.15) is 0 Å². The highest BCUT2D eigenvalue weighted by Crippen LogP contribution is 2.34. The quantitative estimate of drug-likeness (QED) is 0.576. The van der Waals surface area contributed by atoms with Crippen LogP contribution >= 0.6 is 0 Å². The molecule has 0 aliphatic carbocycles. The third-order valence-electron chi connectivity index (χ3n) is 5.68. The number of rotatable bonds is 6. The van der Waals surface area contributed by atoms with E-state index in [1.54, 1.807) is 0 Å². The fourth-order valence-electron chi connectivity index (χ4n) is 3.94. The van der Waals surface area contributed by atoms with Crippen LogP contribution in [0.5, 0.6) is 0 Å². The lowest BCUT2D eigenvalue weighted by Crippen LogP contribution is -2.48. The molecule has 0 spiro atoms. The lowest BCUT2D eigenvalue weighted by Gasteiger charge is -2.38.